The largest absolute Gasteiger partial charge is 0.548 e. The predicted octanol–water partition coefficient (Wildman–Crippen LogP) is 2.12. The second kappa shape index (κ2) is 7.24. The molecule has 1 aliphatic heterocycles. The lowest BCUT2D eigenvalue weighted by molar-refractivity contribution is -0.305. The first-order chi connectivity index (χ1) is 14.0. The zero-order valence-corrected chi connectivity index (χ0v) is 15.5. The van der Waals surface area contributed by atoms with Gasteiger partial charge in [-0.2, -0.15) is 0 Å². The Hall–Kier alpha value is -3.93. The fraction of sp³-hybridized carbons (Fsp3) is 0.0870. The number of carbonyl (C=O) groups excluding carboxylic acids is 3. The van der Waals surface area contributed by atoms with E-state index in [1.807, 2.05) is 30.3 Å². The fourth-order valence-corrected chi connectivity index (χ4v) is 3.56. The van der Waals surface area contributed by atoms with E-state index in [0.717, 1.165) is 10.8 Å². The van der Waals surface area contributed by atoms with Crippen LogP contribution in [0.5, 0.6) is 5.75 Å². The second-order valence-electron chi connectivity index (χ2n) is 6.57. The summed E-state index contributed by atoms with van der Waals surface area (Å²) in [6.07, 6.45) is 1.65. The molecule has 0 unspecified atom stereocenters. The van der Waals surface area contributed by atoms with E-state index in [4.69, 9.17) is 4.74 Å². The lowest BCUT2D eigenvalue weighted by Gasteiger charge is -2.29. The smallest absolute Gasteiger partial charge is 0.261 e. The first-order valence-corrected chi connectivity index (χ1v) is 8.94. The number of carbonyl (C=O) groups is 3. The summed E-state index contributed by atoms with van der Waals surface area (Å²) >= 11 is 0. The van der Waals surface area contributed by atoms with Crippen LogP contribution < -0.4 is 9.84 Å². The average Bonchev–Trinajstić information content (AvgIpc) is 2.74. The van der Waals surface area contributed by atoms with E-state index in [9.17, 15) is 19.5 Å². The highest BCUT2D eigenvalue weighted by molar-refractivity contribution is 6.34. The number of nitrogens with zero attached hydrogens (tertiary/aromatic N) is 1. The zero-order valence-electron chi connectivity index (χ0n) is 15.5. The maximum absolute atomic E-state index is 13.1. The molecule has 0 aliphatic carbocycles. The number of imide groups is 1. The van der Waals surface area contributed by atoms with E-state index < -0.39 is 24.3 Å². The number of benzene rings is 3. The molecule has 0 aromatic heterocycles. The number of aliphatic carboxylic acids is 1. The van der Waals surface area contributed by atoms with Gasteiger partial charge < -0.3 is 14.6 Å². The lowest BCUT2D eigenvalue weighted by Crippen LogP contribution is -2.47. The van der Waals surface area contributed by atoms with Crippen LogP contribution in [-0.4, -0.2) is 36.3 Å². The molecule has 1 aliphatic rings. The highest BCUT2D eigenvalue weighted by Gasteiger charge is 2.34. The molecule has 6 heteroatoms. The number of amides is 2. The van der Waals surface area contributed by atoms with E-state index in [0.29, 0.717) is 21.8 Å². The van der Waals surface area contributed by atoms with Gasteiger partial charge in [0.25, 0.3) is 11.8 Å². The maximum atomic E-state index is 13.1. The molecule has 2 amide bonds. The van der Waals surface area contributed by atoms with Gasteiger partial charge in [0.2, 0.25) is 0 Å². The Morgan fingerprint density at radius 3 is 2.38 bits per heavy atom. The van der Waals surface area contributed by atoms with Crippen molar-refractivity contribution in [3.8, 4) is 5.75 Å². The van der Waals surface area contributed by atoms with Crippen LogP contribution in [0.2, 0.25) is 0 Å². The third-order valence-electron chi connectivity index (χ3n) is 4.89. The Morgan fingerprint density at radius 2 is 1.66 bits per heavy atom. The molecule has 0 N–H and O–H groups in total. The first kappa shape index (κ1) is 18.4. The third-order valence-corrected chi connectivity index (χ3v) is 4.89. The van der Waals surface area contributed by atoms with Crippen LogP contribution in [0.4, 0.5) is 0 Å². The van der Waals surface area contributed by atoms with Gasteiger partial charge in [-0.15, -0.1) is 0 Å². The van der Waals surface area contributed by atoms with Gasteiger partial charge in [-0.25, -0.2) is 0 Å². The van der Waals surface area contributed by atoms with Crippen LogP contribution in [0, 0.1) is 0 Å². The number of rotatable bonds is 4. The Kier molecular flexibility index (Phi) is 4.60. The van der Waals surface area contributed by atoms with Crippen molar-refractivity contribution in [2.24, 2.45) is 0 Å². The number of carboxylic acid groups (broad SMARTS) is 1. The van der Waals surface area contributed by atoms with E-state index in [1.165, 1.54) is 7.11 Å². The average molecular weight is 386 g/mol. The van der Waals surface area contributed by atoms with Gasteiger partial charge in [0.05, 0.1) is 19.6 Å². The van der Waals surface area contributed by atoms with E-state index in [-0.39, 0.29) is 11.1 Å². The van der Waals surface area contributed by atoms with Crippen molar-refractivity contribution in [1.29, 1.82) is 0 Å². The van der Waals surface area contributed by atoms with Crippen molar-refractivity contribution in [2.75, 3.05) is 13.7 Å². The van der Waals surface area contributed by atoms with Crippen molar-refractivity contribution < 1.29 is 24.2 Å². The molecular weight excluding hydrogens is 370 g/mol. The summed E-state index contributed by atoms with van der Waals surface area (Å²) in [5.41, 5.74) is 1.61. The van der Waals surface area contributed by atoms with Crippen LogP contribution in [0.1, 0.15) is 21.5 Å². The third kappa shape index (κ3) is 3.14. The molecular formula is C23H16NO5-. The van der Waals surface area contributed by atoms with Gasteiger partial charge in [-0.1, -0.05) is 48.5 Å². The molecule has 0 fully saturated rings. The monoisotopic (exact) mass is 386 g/mol. The fourth-order valence-electron chi connectivity index (χ4n) is 3.56. The van der Waals surface area contributed by atoms with Gasteiger partial charge in [0.1, 0.15) is 5.75 Å². The molecule has 6 nitrogen and oxygen atoms in total. The Balaban J connectivity index is 1.98. The highest BCUT2D eigenvalue weighted by atomic mass is 16.5. The summed E-state index contributed by atoms with van der Waals surface area (Å²) in [6, 6.07) is 18.0. The normalized spacial score (nSPS) is 14.9. The van der Waals surface area contributed by atoms with Gasteiger partial charge in [-0.05, 0) is 34.5 Å². The SMILES string of the molecule is COc1ccc2ccccc2c1/C=C1\C(=O)N(CC(=O)[O-])C(=O)c2ccccc21. The van der Waals surface area contributed by atoms with E-state index >= 15 is 0 Å². The van der Waals surface area contributed by atoms with Crippen molar-refractivity contribution in [3.63, 3.8) is 0 Å². The minimum Gasteiger partial charge on any atom is -0.548 e. The van der Waals surface area contributed by atoms with E-state index in [1.54, 1.807) is 36.4 Å². The van der Waals surface area contributed by atoms with Crippen molar-refractivity contribution in [1.82, 2.24) is 4.90 Å². The molecule has 0 bridgehead atoms. The van der Waals surface area contributed by atoms with Crippen LogP contribution in [0.15, 0.2) is 60.7 Å². The van der Waals surface area contributed by atoms with Crippen molar-refractivity contribution in [2.45, 2.75) is 0 Å². The van der Waals surface area contributed by atoms with Gasteiger partial charge >= 0.3 is 0 Å². The number of carboxylic acids is 1. The number of methoxy groups -OCH3 is 1. The summed E-state index contributed by atoms with van der Waals surface area (Å²) in [7, 11) is 1.54. The minimum atomic E-state index is -1.51. The Bertz CT molecular complexity index is 1190. The molecule has 0 spiro atoms. The molecule has 3 aromatic rings. The minimum absolute atomic E-state index is 0.219. The topological polar surface area (TPSA) is 86.7 Å². The molecule has 0 radical (unpaired) electrons. The second-order valence-corrected chi connectivity index (χ2v) is 6.57. The number of hydrogen-bond donors (Lipinski definition) is 0. The summed E-state index contributed by atoms with van der Waals surface area (Å²) < 4.78 is 5.49. The van der Waals surface area contributed by atoms with Crippen LogP contribution in [0.25, 0.3) is 22.4 Å². The van der Waals surface area contributed by atoms with Gasteiger partial charge in [-0.3, -0.25) is 14.5 Å². The van der Waals surface area contributed by atoms with Gasteiger partial charge in [0.15, 0.2) is 0 Å². The summed E-state index contributed by atoms with van der Waals surface area (Å²) in [5, 5.41) is 12.9. The summed E-state index contributed by atoms with van der Waals surface area (Å²) in [5.74, 6) is -2.29. The quantitative estimate of drug-likeness (QED) is 0.506. The first-order valence-electron chi connectivity index (χ1n) is 8.94. The Morgan fingerprint density at radius 1 is 0.966 bits per heavy atom. The maximum Gasteiger partial charge on any atom is 0.261 e. The summed E-state index contributed by atoms with van der Waals surface area (Å²) in [4.78, 5) is 37.5. The molecule has 0 saturated carbocycles. The number of ether oxygens (including phenoxy) is 1. The molecule has 3 aromatic carbocycles. The molecule has 1 heterocycles. The molecule has 144 valence electrons. The molecule has 0 saturated heterocycles. The predicted molar refractivity (Wildman–Crippen MR) is 106 cm³/mol. The van der Waals surface area contributed by atoms with Crippen LogP contribution in [-0.2, 0) is 9.59 Å². The zero-order chi connectivity index (χ0) is 20.5. The number of hydrogen-bond acceptors (Lipinski definition) is 5. The van der Waals surface area contributed by atoms with Crippen molar-refractivity contribution in [3.05, 3.63) is 77.4 Å². The Labute approximate surface area is 166 Å². The van der Waals surface area contributed by atoms with E-state index in [2.05, 4.69) is 0 Å². The molecule has 0 atom stereocenters. The van der Waals surface area contributed by atoms with Gasteiger partial charge in [0, 0.05) is 16.7 Å². The lowest BCUT2D eigenvalue weighted by atomic mass is 9.91. The van der Waals surface area contributed by atoms with Crippen LogP contribution >= 0.6 is 0 Å². The standard InChI is InChI=1S/C23H17NO5/c1-29-20-11-10-14-6-2-3-7-15(14)18(20)12-19-16-8-4-5-9-17(16)22(27)24(23(19)28)13-21(25)26/h2-12H,13H2,1H3,(H,25,26)/p-1/b19-12-. The molecule has 29 heavy (non-hydrogen) atoms. The number of fused-ring (bicyclic) bond motifs is 2. The van der Waals surface area contributed by atoms with Crippen molar-refractivity contribution >= 4 is 40.2 Å². The van der Waals surface area contributed by atoms with Crippen LogP contribution in [0.3, 0.4) is 0 Å². The molecule has 4 rings (SSSR count). The highest BCUT2D eigenvalue weighted by Crippen LogP contribution is 2.35. The summed E-state index contributed by atoms with van der Waals surface area (Å²) in [6.45, 7) is -0.810.